The van der Waals surface area contributed by atoms with Gasteiger partial charge in [0.15, 0.2) is 0 Å². The van der Waals surface area contributed by atoms with E-state index in [1.54, 1.807) is 0 Å². The van der Waals surface area contributed by atoms with Crippen molar-refractivity contribution in [1.82, 2.24) is 0 Å². The molecule has 0 amide bonds. The van der Waals surface area contributed by atoms with Gasteiger partial charge >= 0.3 is 0 Å². The summed E-state index contributed by atoms with van der Waals surface area (Å²) in [6.45, 7) is 7.49. The van der Waals surface area contributed by atoms with Gasteiger partial charge in [-0.05, 0) is 0 Å². The Labute approximate surface area is 57.8 Å². The largest absolute Gasteiger partial charge is 0.344 e. The van der Waals surface area contributed by atoms with Crippen molar-refractivity contribution in [3.63, 3.8) is 0 Å². The van der Waals surface area contributed by atoms with Gasteiger partial charge in [0.2, 0.25) is 0 Å². The first-order valence-electron chi connectivity index (χ1n) is 3.63. The Balaban J connectivity index is 0. The first-order valence-corrected chi connectivity index (χ1v) is 3.63. The summed E-state index contributed by atoms with van der Waals surface area (Å²) in [6, 6.07) is 0. The van der Waals surface area contributed by atoms with Crippen LogP contribution in [0.4, 0.5) is 0 Å². The first kappa shape index (κ1) is 11.6. The molecule has 3 nitrogen and oxygen atoms in total. The Kier molecular flexibility index (Phi) is 20.3. The third-order valence-electron chi connectivity index (χ3n) is 0.742. The molecule has 58 valence electrons. The average Bonchev–Trinajstić information content (AvgIpc) is 1.94. The molecule has 0 aromatic carbocycles. The molecule has 0 aliphatic rings. The van der Waals surface area contributed by atoms with Crippen molar-refractivity contribution >= 4 is 0 Å². The molecule has 6 N–H and O–H groups in total. The zero-order chi connectivity index (χ0) is 7.54. The van der Waals surface area contributed by atoms with E-state index in [-0.39, 0.29) is 0 Å². The third kappa shape index (κ3) is 18.1. The smallest absolute Gasteiger partial charge is 0.0880 e. The molecular weight excluding hydrogens is 114 g/mol. The van der Waals surface area contributed by atoms with Crippen LogP contribution in [0, 0.1) is 0 Å². The molecule has 0 bridgehead atoms. The molecule has 0 rings (SSSR count). The molecule has 3 heteroatoms. The quantitative estimate of drug-likeness (QED) is 0.409. The van der Waals surface area contributed by atoms with Gasteiger partial charge in [-0.25, -0.2) is 0 Å². The van der Waals surface area contributed by atoms with Crippen LogP contribution in [0.5, 0.6) is 0 Å². The molecule has 0 aliphatic carbocycles. The van der Waals surface area contributed by atoms with Gasteiger partial charge in [0.25, 0.3) is 0 Å². The number of hydrogen-bond donors (Lipinski definition) is 3. The van der Waals surface area contributed by atoms with Crippen LogP contribution in [0.15, 0.2) is 0 Å². The van der Waals surface area contributed by atoms with Crippen LogP contribution in [0.2, 0.25) is 0 Å². The Hall–Kier alpha value is -0.120. The minimum atomic E-state index is 0.750. The fraction of sp³-hybridized carbons (Fsp3) is 1.00. The van der Waals surface area contributed by atoms with Crippen molar-refractivity contribution in [2.45, 2.75) is 13.8 Å². The lowest BCUT2D eigenvalue weighted by molar-refractivity contribution is -0.650. The Bertz CT molecular complexity index is 27.5. The minimum Gasteiger partial charge on any atom is -0.344 e. The minimum absolute atomic E-state index is 0.750. The Morgan fingerprint density at radius 2 is 1.33 bits per heavy atom. The molecule has 0 saturated carbocycles. The van der Waals surface area contributed by atoms with Gasteiger partial charge < -0.3 is 16.8 Å². The van der Waals surface area contributed by atoms with E-state index < -0.39 is 0 Å². The normalized spacial score (nSPS) is 8.00. The van der Waals surface area contributed by atoms with Crippen molar-refractivity contribution in [2.75, 3.05) is 26.2 Å². The predicted octanol–water partition coefficient (Wildman–Crippen LogP) is -1.51. The molecule has 0 unspecified atom stereocenters. The highest BCUT2D eigenvalue weighted by Crippen LogP contribution is 1.32. The summed E-state index contributed by atoms with van der Waals surface area (Å²) < 4.78 is 0. The second-order valence-electron chi connectivity index (χ2n) is 1.44. The van der Waals surface area contributed by atoms with Crippen molar-refractivity contribution in [3.8, 4) is 0 Å². The van der Waals surface area contributed by atoms with Crippen molar-refractivity contribution in [3.05, 3.63) is 0 Å². The SMILES string of the molecule is CC.NCC[NH2+]CCN. The Morgan fingerprint density at radius 3 is 1.56 bits per heavy atom. The maximum Gasteiger partial charge on any atom is 0.0880 e. The van der Waals surface area contributed by atoms with Gasteiger partial charge in [0, 0.05) is 13.1 Å². The first-order chi connectivity index (χ1) is 4.41. The van der Waals surface area contributed by atoms with Crippen LogP contribution < -0.4 is 16.8 Å². The zero-order valence-corrected chi connectivity index (χ0v) is 6.56. The second kappa shape index (κ2) is 15.7. The summed E-state index contributed by atoms with van der Waals surface area (Å²) in [4.78, 5) is 0. The molecule has 0 spiro atoms. The van der Waals surface area contributed by atoms with Crippen molar-refractivity contribution < 1.29 is 5.32 Å². The third-order valence-corrected chi connectivity index (χ3v) is 0.742. The summed E-state index contributed by atoms with van der Waals surface area (Å²) in [5.74, 6) is 0. The zero-order valence-electron chi connectivity index (χ0n) is 6.56. The number of hydrogen-bond acceptors (Lipinski definition) is 2. The van der Waals surface area contributed by atoms with E-state index in [9.17, 15) is 0 Å². The molecule has 0 aromatic heterocycles. The van der Waals surface area contributed by atoms with Crippen LogP contribution in [-0.2, 0) is 0 Å². The fourth-order valence-corrected chi connectivity index (χ4v) is 0.380. The van der Waals surface area contributed by atoms with E-state index in [0.29, 0.717) is 0 Å². The van der Waals surface area contributed by atoms with E-state index in [2.05, 4.69) is 5.32 Å². The molecule has 0 aromatic rings. The standard InChI is InChI=1S/C4H13N3.C2H6/c5-1-3-7-4-2-6;1-2/h7H,1-6H2;1-2H3/p+1. The number of quaternary nitrogens is 1. The van der Waals surface area contributed by atoms with Gasteiger partial charge in [-0.2, -0.15) is 0 Å². The molecule has 0 heterocycles. The van der Waals surface area contributed by atoms with Crippen molar-refractivity contribution in [2.24, 2.45) is 11.5 Å². The molecule has 0 saturated heterocycles. The molecule has 0 fully saturated rings. The van der Waals surface area contributed by atoms with E-state index in [0.717, 1.165) is 26.2 Å². The van der Waals surface area contributed by atoms with Gasteiger partial charge in [-0.1, -0.05) is 13.8 Å². The molecule has 0 atom stereocenters. The van der Waals surface area contributed by atoms with Gasteiger partial charge in [0.05, 0.1) is 13.1 Å². The lowest BCUT2D eigenvalue weighted by Gasteiger charge is -1.92. The summed E-state index contributed by atoms with van der Waals surface area (Å²) >= 11 is 0. The Morgan fingerprint density at radius 1 is 1.00 bits per heavy atom. The van der Waals surface area contributed by atoms with Crippen molar-refractivity contribution in [1.29, 1.82) is 0 Å². The van der Waals surface area contributed by atoms with E-state index >= 15 is 0 Å². The summed E-state index contributed by atoms with van der Waals surface area (Å²) in [7, 11) is 0. The van der Waals surface area contributed by atoms with E-state index in [4.69, 9.17) is 11.5 Å². The summed E-state index contributed by atoms with van der Waals surface area (Å²) in [5, 5.41) is 2.11. The molecular formula is C6H20N3+. The highest BCUT2D eigenvalue weighted by Gasteiger charge is 1.80. The maximum absolute atomic E-state index is 5.20. The monoisotopic (exact) mass is 134 g/mol. The van der Waals surface area contributed by atoms with Crippen LogP contribution in [-0.4, -0.2) is 26.2 Å². The summed E-state index contributed by atoms with van der Waals surface area (Å²) in [5.41, 5.74) is 10.4. The molecule has 0 aliphatic heterocycles. The van der Waals surface area contributed by atoms with Crippen LogP contribution in [0.1, 0.15) is 13.8 Å². The predicted molar refractivity (Wildman–Crippen MR) is 41.1 cm³/mol. The highest BCUT2D eigenvalue weighted by atomic mass is 14.9. The average molecular weight is 134 g/mol. The lowest BCUT2D eigenvalue weighted by atomic mass is 10.6. The van der Waals surface area contributed by atoms with E-state index in [1.165, 1.54) is 0 Å². The van der Waals surface area contributed by atoms with Gasteiger partial charge in [0.1, 0.15) is 0 Å². The topological polar surface area (TPSA) is 68.6 Å². The van der Waals surface area contributed by atoms with Gasteiger partial charge in [-0.3, -0.25) is 0 Å². The highest BCUT2D eigenvalue weighted by molar-refractivity contribution is 4.25. The fourth-order valence-electron chi connectivity index (χ4n) is 0.380. The number of rotatable bonds is 4. The molecule has 0 radical (unpaired) electrons. The van der Waals surface area contributed by atoms with Crippen LogP contribution in [0.3, 0.4) is 0 Å². The van der Waals surface area contributed by atoms with Gasteiger partial charge in [-0.15, -0.1) is 0 Å². The second-order valence-corrected chi connectivity index (χ2v) is 1.44. The van der Waals surface area contributed by atoms with Crippen LogP contribution >= 0.6 is 0 Å². The van der Waals surface area contributed by atoms with Crippen LogP contribution in [0.25, 0.3) is 0 Å². The number of nitrogens with two attached hydrogens (primary N) is 3. The van der Waals surface area contributed by atoms with E-state index in [1.807, 2.05) is 13.8 Å². The maximum atomic E-state index is 5.20. The molecule has 9 heavy (non-hydrogen) atoms. The lowest BCUT2D eigenvalue weighted by Crippen LogP contribution is -2.86. The summed E-state index contributed by atoms with van der Waals surface area (Å²) in [6.07, 6.45) is 0.